The molecule has 0 bridgehead atoms. The molecule has 3 rings (SSSR count). The van der Waals surface area contributed by atoms with E-state index in [1.807, 2.05) is 0 Å². The van der Waals surface area contributed by atoms with Crippen LogP contribution in [0.5, 0.6) is 0 Å². The molecule has 0 atom stereocenters. The van der Waals surface area contributed by atoms with Crippen LogP contribution in [0.2, 0.25) is 0 Å². The molecule has 1 aromatic heterocycles. The molecule has 0 spiro atoms. The quantitative estimate of drug-likeness (QED) is 0.442. The molecule has 4 nitrogen and oxygen atoms in total. The molecule has 0 N–H and O–H groups in total. The van der Waals surface area contributed by atoms with Gasteiger partial charge >= 0.3 is 159 Å². The molecule has 1 aromatic rings. The van der Waals surface area contributed by atoms with Gasteiger partial charge in [-0.25, -0.2) is 0 Å². The summed E-state index contributed by atoms with van der Waals surface area (Å²) in [5.74, 6) is 0.884. The summed E-state index contributed by atoms with van der Waals surface area (Å²) in [6.07, 6.45) is 11.7. The standard InChI is InChI=1S/C11H18N2.C4H8NO.2HI.Pt/c1-12-7-8-13(10-12)9-11-5-3-2-4-6-11;1-3-6-4-2-5-1;;;/h7-8,11H,2-6,9H2,1H3;1-4H2;2*1H;/q;-1;;;+3/p-2. The number of rotatable bonds is 3. The number of aromatic nitrogens is 2. The summed E-state index contributed by atoms with van der Waals surface area (Å²) in [6, 6.07) is 0. The normalized spacial score (nSPS) is 22.9. The first-order valence-electron chi connectivity index (χ1n) is 8.03. The van der Waals surface area contributed by atoms with E-state index >= 15 is 0 Å². The molecule has 0 radical (unpaired) electrons. The van der Waals surface area contributed by atoms with Crippen LogP contribution in [0.15, 0.2) is 12.4 Å². The van der Waals surface area contributed by atoms with Crippen molar-refractivity contribution in [2.45, 2.75) is 38.6 Å². The number of morpholine rings is 1. The second kappa shape index (κ2) is 8.10. The third kappa shape index (κ3) is 4.09. The van der Waals surface area contributed by atoms with Crippen molar-refractivity contribution in [3.63, 3.8) is 0 Å². The Bertz CT molecular complexity index is 580. The van der Waals surface area contributed by atoms with E-state index < -0.39 is 8.49 Å². The molecule has 22 heavy (non-hydrogen) atoms. The number of ether oxygens (including phenoxy) is 1. The minimum absolute atomic E-state index is 0.884. The van der Waals surface area contributed by atoms with E-state index in [1.165, 1.54) is 38.6 Å². The van der Waals surface area contributed by atoms with Gasteiger partial charge in [-0.2, -0.15) is 0 Å². The van der Waals surface area contributed by atoms with Crippen LogP contribution >= 0.6 is 38.7 Å². The van der Waals surface area contributed by atoms with E-state index in [9.17, 15) is 0 Å². The molecular weight excluding hydrogens is 687 g/mol. The van der Waals surface area contributed by atoms with E-state index in [0.29, 0.717) is 0 Å². The van der Waals surface area contributed by atoms with Gasteiger partial charge in [-0.1, -0.05) is 0 Å². The SMILES string of the molecule is Cn1ccn(CC2CCCCC2)[c]1=[Pt]([I])([I])[N]1CCOCC1. The van der Waals surface area contributed by atoms with Crippen molar-refractivity contribution in [1.82, 2.24) is 12.6 Å². The first-order valence-corrected chi connectivity index (χ1v) is 23.1. The van der Waals surface area contributed by atoms with Gasteiger partial charge in [0.2, 0.25) is 0 Å². The molecule has 0 unspecified atom stereocenters. The second-order valence-corrected chi connectivity index (χ2v) is 37.9. The zero-order chi connectivity index (χ0) is 15.6. The van der Waals surface area contributed by atoms with Crippen molar-refractivity contribution < 1.29 is 13.2 Å². The predicted octanol–water partition coefficient (Wildman–Crippen LogP) is 4.04. The van der Waals surface area contributed by atoms with Crippen LogP contribution in [-0.4, -0.2) is 38.9 Å². The Balaban J connectivity index is 1.94. The van der Waals surface area contributed by atoms with E-state index in [1.54, 1.807) is 3.80 Å². The first-order chi connectivity index (χ1) is 10.6. The minimum atomic E-state index is -2.18. The molecule has 7 heteroatoms. The molecule has 2 aliphatic rings. The van der Waals surface area contributed by atoms with Gasteiger partial charge in [0.1, 0.15) is 0 Å². The van der Waals surface area contributed by atoms with Crippen molar-refractivity contribution in [3.05, 3.63) is 16.2 Å². The Morgan fingerprint density at radius 3 is 2.50 bits per heavy atom. The first kappa shape index (κ1) is 18.1. The molecule has 131 valence electrons. The average Bonchev–Trinajstić information content (AvgIpc) is 2.90. The summed E-state index contributed by atoms with van der Waals surface area (Å²) in [7, 11) is 0.0423. The molecule has 1 saturated heterocycles. The van der Waals surface area contributed by atoms with Crippen LogP contribution in [0.1, 0.15) is 32.1 Å². The van der Waals surface area contributed by atoms with Crippen molar-refractivity contribution in [2.75, 3.05) is 26.3 Å². The Morgan fingerprint density at radius 2 is 1.82 bits per heavy atom. The number of nitrogens with zero attached hydrogens (tertiary/aromatic N) is 3. The van der Waals surface area contributed by atoms with E-state index in [2.05, 4.69) is 70.7 Å². The molecular formula is C15H26I2N3OPt. The van der Waals surface area contributed by atoms with Crippen LogP contribution in [0.4, 0.5) is 0 Å². The number of hydrogen-bond acceptors (Lipinski definition) is 2. The van der Waals surface area contributed by atoms with E-state index in [-0.39, 0.29) is 0 Å². The Hall–Kier alpha value is 1.28. The third-order valence-corrected chi connectivity index (χ3v) is 22.0. The average molecular weight is 713 g/mol. The summed E-state index contributed by atoms with van der Waals surface area (Å²) >= 11 is 5.60. The molecule has 2 fully saturated rings. The number of imidazole rings is 1. The molecule has 1 saturated carbocycles. The van der Waals surface area contributed by atoms with Gasteiger partial charge < -0.3 is 0 Å². The van der Waals surface area contributed by atoms with Crippen molar-refractivity contribution in [1.29, 1.82) is 0 Å². The predicted molar refractivity (Wildman–Crippen MR) is 104 cm³/mol. The maximum absolute atomic E-state index is 5.56. The fraction of sp³-hybridized carbons (Fsp3) is 0.800. The van der Waals surface area contributed by atoms with Crippen molar-refractivity contribution in [3.8, 4) is 0 Å². The van der Waals surface area contributed by atoms with Crippen LogP contribution in [0.25, 0.3) is 0 Å². The monoisotopic (exact) mass is 713 g/mol. The van der Waals surface area contributed by atoms with Gasteiger partial charge in [0, 0.05) is 0 Å². The second-order valence-electron chi connectivity index (χ2n) is 6.13. The van der Waals surface area contributed by atoms with Gasteiger partial charge in [0.15, 0.2) is 0 Å². The molecule has 1 aliphatic heterocycles. The Labute approximate surface area is 157 Å². The van der Waals surface area contributed by atoms with E-state index in [4.69, 9.17) is 4.74 Å². The summed E-state index contributed by atoms with van der Waals surface area (Å²) in [4.78, 5) is 0. The third-order valence-electron chi connectivity index (χ3n) is 4.49. The fourth-order valence-corrected chi connectivity index (χ4v) is 20.1. The van der Waals surface area contributed by atoms with Gasteiger partial charge in [0.25, 0.3) is 0 Å². The summed E-state index contributed by atoms with van der Waals surface area (Å²) in [5.41, 5.74) is 0. The Morgan fingerprint density at radius 1 is 1.14 bits per heavy atom. The summed E-state index contributed by atoms with van der Waals surface area (Å²) in [6.45, 7) is 5.20. The Kier molecular flexibility index (Phi) is 6.66. The number of aryl methyl sites for hydroxylation is 1. The topological polar surface area (TPSA) is 22.3 Å². The van der Waals surface area contributed by atoms with Crippen molar-refractivity contribution in [2.24, 2.45) is 13.0 Å². The van der Waals surface area contributed by atoms with Crippen molar-refractivity contribution >= 4 is 38.7 Å². The van der Waals surface area contributed by atoms with Crippen LogP contribution < -0.4 is 0 Å². The van der Waals surface area contributed by atoms with Gasteiger partial charge in [0.05, 0.1) is 0 Å². The van der Waals surface area contributed by atoms with Gasteiger partial charge in [-0.3, -0.25) is 0 Å². The fourth-order valence-electron chi connectivity index (χ4n) is 3.32. The zero-order valence-electron chi connectivity index (χ0n) is 13.1. The number of hydrogen-bond donors (Lipinski definition) is 0. The number of halogens is 2. The maximum atomic E-state index is 5.56. The van der Waals surface area contributed by atoms with E-state index in [0.717, 1.165) is 32.2 Å². The molecule has 0 aromatic carbocycles. The molecule has 1 aliphatic carbocycles. The van der Waals surface area contributed by atoms with Gasteiger partial charge in [-0.05, 0) is 0 Å². The summed E-state index contributed by atoms with van der Waals surface area (Å²) in [5, 5.41) is 0. The van der Waals surface area contributed by atoms with Crippen LogP contribution in [0.3, 0.4) is 0 Å². The zero-order valence-corrected chi connectivity index (χ0v) is 19.7. The van der Waals surface area contributed by atoms with Crippen LogP contribution in [-0.2, 0) is 26.8 Å². The molecule has 0 amide bonds. The summed E-state index contributed by atoms with van der Waals surface area (Å²) < 4.78 is 14.8. The van der Waals surface area contributed by atoms with Crippen LogP contribution in [0, 0.1) is 9.72 Å². The van der Waals surface area contributed by atoms with Gasteiger partial charge in [-0.15, -0.1) is 0 Å². The molecule has 2 heterocycles.